The van der Waals surface area contributed by atoms with Gasteiger partial charge in [0.05, 0.1) is 25.4 Å². The lowest BCUT2D eigenvalue weighted by Gasteiger charge is -2.32. The molecule has 166 valence electrons. The largest absolute Gasteiger partial charge is 0.379 e. The predicted octanol–water partition coefficient (Wildman–Crippen LogP) is 3.04. The Morgan fingerprint density at radius 2 is 2.14 bits per heavy atom. The zero-order valence-electron chi connectivity index (χ0n) is 18.7. The van der Waals surface area contributed by atoms with Crippen molar-refractivity contribution >= 4 is 35.8 Å². The first-order valence-electron chi connectivity index (χ1n) is 10.2. The van der Waals surface area contributed by atoms with Gasteiger partial charge in [-0.05, 0) is 30.9 Å². The summed E-state index contributed by atoms with van der Waals surface area (Å²) >= 11 is 0. The van der Waals surface area contributed by atoms with Crippen molar-refractivity contribution in [2.75, 3.05) is 44.8 Å². The fraction of sp³-hybridized carbons (Fsp3) is 0.714. The standard InChI is InChI=1S/C21H37N5O2.HI/c1-7-22-20(25-14-18(27-6)21(3,4)5)24-13-17-8-9-19(23-12-17)26-10-11-28-16(2)15-26;/h8-9,12,16,18H,7,10-11,13-15H2,1-6H3,(H2,22,24,25);1H. The average Bonchev–Trinajstić information content (AvgIpc) is 2.66. The summed E-state index contributed by atoms with van der Waals surface area (Å²) in [5, 5.41) is 6.68. The number of anilines is 1. The molecule has 0 bridgehead atoms. The molecule has 1 aliphatic rings. The maximum atomic E-state index is 5.62. The molecule has 2 rings (SSSR count). The summed E-state index contributed by atoms with van der Waals surface area (Å²) in [7, 11) is 1.75. The van der Waals surface area contributed by atoms with Gasteiger partial charge in [-0.15, -0.1) is 24.0 Å². The molecule has 2 unspecified atom stereocenters. The number of hydrogen-bond donors (Lipinski definition) is 2. The summed E-state index contributed by atoms with van der Waals surface area (Å²) in [6.45, 7) is 15.3. The van der Waals surface area contributed by atoms with E-state index in [1.165, 1.54) is 0 Å². The van der Waals surface area contributed by atoms with Crippen LogP contribution in [-0.2, 0) is 16.0 Å². The lowest BCUT2D eigenvalue weighted by Crippen LogP contribution is -2.45. The highest BCUT2D eigenvalue weighted by atomic mass is 127. The number of nitrogens with one attached hydrogen (secondary N) is 2. The van der Waals surface area contributed by atoms with E-state index in [1.807, 2.05) is 6.20 Å². The Balaban J connectivity index is 0.00000420. The van der Waals surface area contributed by atoms with Crippen molar-refractivity contribution in [3.63, 3.8) is 0 Å². The van der Waals surface area contributed by atoms with Gasteiger partial charge in [0.15, 0.2) is 5.96 Å². The zero-order valence-corrected chi connectivity index (χ0v) is 21.0. The van der Waals surface area contributed by atoms with Crippen molar-refractivity contribution in [1.82, 2.24) is 15.6 Å². The maximum Gasteiger partial charge on any atom is 0.191 e. The van der Waals surface area contributed by atoms with E-state index in [2.05, 4.69) is 67.3 Å². The smallest absolute Gasteiger partial charge is 0.191 e. The normalized spacial score (nSPS) is 18.8. The number of guanidine groups is 1. The van der Waals surface area contributed by atoms with E-state index in [9.17, 15) is 0 Å². The number of hydrogen-bond acceptors (Lipinski definition) is 5. The lowest BCUT2D eigenvalue weighted by molar-refractivity contribution is 0.0205. The van der Waals surface area contributed by atoms with Crippen LogP contribution in [0.5, 0.6) is 0 Å². The Bertz CT molecular complexity index is 618. The fourth-order valence-electron chi connectivity index (χ4n) is 3.17. The maximum absolute atomic E-state index is 5.62. The molecule has 1 saturated heterocycles. The molecule has 7 nitrogen and oxygen atoms in total. The van der Waals surface area contributed by atoms with Gasteiger partial charge in [0.2, 0.25) is 0 Å². The number of morpholine rings is 1. The van der Waals surface area contributed by atoms with Crippen LogP contribution in [-0.4, -0.2) is 63.0 Å². The third-order valence-corrected chi connectivity index (χ3v) is 4.84. The van der Waals surface area contributed by atoms with Crippen LogP contribution >= 0.6 is 24.0 Å². The number of halogens is 1. The number of pyridine rings is 1. The van der Waals surface area contributed by atoms with E-state index in [0.717, 1.165) is 43.6 Å². The number of methoxy groups -OCH3 is 1. The highest BCUT2D eigenvalue weighted by Crippen LogP contribution is 2.21. The summed E-state index contributed by atoms with van der Waals surface area (Å²) in [4.78, 5) is 11.6. The molecule has 29 heavy (non-hydrogen) atoms. The second-order valence-electron chi connectivity index (χ2n) is 8.32. The molecule has 2 atom stereocenters. The van der Waals surface area contributed by atoms with Gasteiger partial charge < -0.3 is 25.0 Å². The number of rotatable bonds is 7. The molecule has 2 heterocycles. The number of nitrogens with zero attached hydrogens (tertiary/aromatic N) is 3. The van der Waals surface area contributed by atoms with Crippen LogP contribution in [0.4, 0.5) is 5.82 Å². The van der Waals surface area contributed by atoms with Crippen molar-refractivity contribution in [2.45, 2.75) is 53.4 Å². The van der Waals surface area contributed by atoms with Gasteiger partial charge in [-0.3, -0.25) is 0 Å². The minimum atomic E-state index is 0. The van der Waals surface area contributed by atoms with Crippen LogP contribution in [0.3, 0.4) is 0 Å². The fourth-order valence-corrected chi connectivity index (χ4v) is 3.17. The molecule has 0 saturated carbocycles. The summed E-state index contributed by atoms with van der Waals surface area (Å²) < 4.78 is 11.2. The van der Waals surface area contributed by atoms with Gasteiger partial charge in [0.1, 0.15) is 5.82 Å². The van der Waals surface area contributed by atoms with Crippen LogP contribution in [0.25, 0.3) is 0 Å². The van der Waals surface area contributed by atoms with Crippen LogP contribution in [0.15, 0.2) is 23.3 Å². The predicted molar refractivity (Wildman–Crippen MR) is 130 cm³/mol. The summed E-state index contributed by atoms with van der Waals surface area (Å²) in [5.41, 5.74) is 1.15. The zero-order chi connectivity index (χ0) is 20.6. The molecule has 1 fully saturated rings. The van der Waals surface area contributed by atoms with E-state index in [4.69, 9.17) is 14.5 Å². The molecule has 0 radical (unpaired) electrons. The highest BCUT2D eigenvalue weighted by molar-refractivity contribution is 14.0. The van der Waals surface area contributed by atoms with E-state index in [-0.39, 0.29) is 41.6 Å². The number of aliphatic imine (C=N–C) groups is 1. The molecular weight excluding hydrogens is 481 g/mol. The van der Waals surface area contributed by atoms with E-state index in [0.29, 0.717) is 13.1 Å². The Kier molecular flexibility index (Phi) is 11.2. The average molecular weight is 519 g/mol. The van der Waals surface area contributed by atoms with Crippen molar-refractivity contribution in [1.29, 1.82) is 0 Å². The van der Waals surface area contributed by atoms with Crippen LogP contribution in [0.1, 0.15) is 40.2 Å². The van der Waals surface area contributed by atoms with Crippen LogP contribution in [0, 0.1) is 5.41 Å². The Morgan fingerprint density at radius 1 is 1.38 bits per heavy atom. The summed E-state index contributed by atoms with van der Waals surface area (Å²) in [6, 6.07) is 4.17. The van der Waals surface area contributed by atoms with Crippen LogP contribution < -0.4 is 15.5 Å². The molecule has 0 aromatic carbocycles. The topological polar surface area (TPSA) is 71.0 Å². The minimum absolute atomic E-state index is 0. The Labute approximate surface area is 193 Å². The Hall–Kier alpha value is -1.13. The third-order valence-electron chi connectivity index (χ3n) is 4.84. The summed E-state index contributed by atoms with van der Waals surface area (Å²) in [6.07, 6.45) is 2.26. The van der Waals surface area contributed by atoms with Gasteiger partial charge in [0, 0.05) is 39.5 Å². The highest BCUT2D eigenvalue weighted by Gasteiger charge is 2.24. The molecule has 8 heteroatoms. The number of ether oxygens (including phenoxy) is 2. The molecule has 1 aromatic heterocycles. The van der Waals surface area contributed by atoms with E-state index >= 15 is 0 Å². The monoisotopic (exact) mass is 519 g/mol. The minimum Gasteiger partial charge on any atom is -0.379 e. The first-order valence-corrected chi connectivity index (χ1v) is 10.2. The molecule has 0 amide bonds. The molecule has 0 spiro atoms. The van der Waals surface area contributed by atoms with Gasteiger partial charge in [-0.25, -0.2) is 9.98 Å². The summed E-state index contributed by atoms with van der Waals surface area (Å²) in [5.74, 6) is 1.79. The second kappa shape index (κ2) is 12.5. The van der Waals surface area contributed by atoms with Crippen molar-refractivity contribution < 1.29 is 9.47 Å². The Morgan fingerprint density at radius 3 is 2.69 bits per heavy atom. The lowest BCUT2D eigenvalue weighted by atomic mass is 9.89. The van der Waals surface area contributed by atoms with Crippen molar-refractivity contribution in [2.24, 2.45) is 10.4 Å². The SMILES string of the molecule is CCNC(=NCc1ccc(N2CCOC(C)C2)nc1)NCC(OC)C(C)(C)C.I. The second-order valence-corrected chi connectivity index (χ2v) is 8.32. The van der Waals surface area contributed by atoms with Crippen LogP contribution in [0.2, 0.25) is 0 Å². The molecule has 1 aliphatic heterocycles. The molecular formula is C21H38IN5O2. The first-order chi connectivity index (χ1) is 13.3. The van der Waals surface area contributed by atoms with Gasteiger partial charge in [-0.1, -0.05) is 26.8 Å². The molecule has 2 N–H and O–H groups in total. The molecule has 1 aromatic rings. The van der Waals surface area contributed by atoms with Gasteiger partial charge in [-0.2, -0.15) is 0 Å². The van der Waals surface area contributed by atoms with Crippen molar-refractivity contribution in [3.05, 3.63) is 23.9 Å². The van der Waals surface area contributed by atoms with Crippen molar-refractivity contribution in [3.8, 4) is 0 Å². The quantitative estimate of drug-likeness (QED) is 0.328. The molecule has 0 aliphatic carbocycles. The van der Waals surface area contributed by atoms with E-state index in [1.54, 1.807) is 7.11 Å². The number of aromatic nitrogens is 1. The van der Waals surface area contributed by atoms with Gasteiger partial charge >= 0.3 is 0 Å². The van der Waals surface area contributed by atoms with E-state index < -0.39 is 0 Å². The third kappa shape index (κ3) is 8.64. The van der Waals surface area contributed by atoms with Gasteiger partial charge in [0.25, 0.3) is 0 Å². The first kappa shape index (κ1) is 25.9.